The fourth-order valence-electron chi connectivity index (χ4n) is 0.815. The van der Waals surface area contributed by atoms with Crippen molar-refractivity contribution in [3.63, 3.8) is 0 Å². The van der Waals surface area contributed by atoms with Crippen molar-refractivity contribution in [2.75, 3.05) is 6.61 Å². The average Bonchev–Trinajstić information content (AvgIpc) is 2.09. The van der Waals surface area contributed by atoms with E-state index in [1.165, 1.54) is 0 Å². The molecule has 0 amide bonds. The predicted molar refractivity (Wildman–Crippen MR) is 46.7 cm³/mol. The second-order valence-corrected chi connectivity index (χ2v) is 2.70. The number of rotatable bonds is 4. The van der Waals surface area contributed by atoms with Crippen LogP contribution in [-0.4, -0.2) is 16.6 Å². The molecule has 1 aromatic heterocycles. The van der Waals surface area contributed by atoms with Crippen LogP contribution in [0, 0.1) is 6.92 Å². The van der Waals surface area contributed by atoms with E-state index >= 15 is 0 Å². The zero-order valence-electron chi connectivity index (χ0n) is 7.58. The quantitative estimate of drug-likeness (QED) is 0.639. The summed E-state index contributed by atoms with van der Waals surface area (Å²) in [6.45, 7) is 5.36. The first kappa shape index (κ1) is 9.13. The lowest BCUT2D eigenvalue weighted by Gasteiger charge is -2.00. The van der Waals surface area contributed by atoms with Gasteiger partial charge in [0.15, 0.2) is 0 Å². The van der Waals surface area contributed by atoms with Crippen molar-refractivity contribution in [2.24, 2.45) is 0 Å². The Morgan fingerprint density at radius 2 is 2.17 bits per heavy atom. The van der Waals surface area contributed by atoms with Crippen LogP contribution in [0.2, 0.25) is 0 Å². The SMILES string of the molecule is CCCOCc1cnc(C)cn1. The van der Waals surface area contributed by atoms with Gasteiger partial charge in [-0.25, -0.2) is 0 Å². The van der Waals surface area contributed by atoms with Gasteiger partial charge in [-0.05, 0) is 13.3 Å². The molecule has 1 heterocycles. The molecule has 0 fully saturated rings. The summed E-state index contributed by atoms with van der Waals surface area (Å²) in [6.07, 6.45) is 4.55. The fourth-order valence-corrected chi connectivity index (χ4v) is 0.815. The number of ether oxygens (including phenoxy) is 1. The maximum absolute atomic E-state index is 5.31. The van der Waals surface area contributed by atoms with Crippen molar-refractivity contribution in [1.82, 2.24) is 9.97 Å². The molecule has 3 nitrogen and oxygen atoms in total. The van der Waals surface area contributed by atoms with Crippen molar-refractivity contribution in [3.8, 4) is 0 Å². The lowest BCUT2D eigenvalue weighted by molar-refractivity contribution is 0.118. The van der Waals surface area contributed by atoms with Crippen LogP contribution in [0.1, 0.15) is 24.7 Å². The number of aromatic nitrogens is 2. The molecular formula is C9H14N2O. The molecule has 3 heteroatoms. The molecular weight excluding hydrogens is 152 g/mol. The van der Waals surface area contributed by atoms with E-state index in [1.807, 2.05) is 6.92 Å². The predicted octanol–water partition coefficient (Wildman–Crippen LogP) is 1.71. The van der Waals surface area contributed by atoms with Crippen LogP contribution in [0.4, 0.5) is 0 Å². The van der Waals surface area contributed by atoms with E-state index in [-0.39, 0.29) is 0 Å². The molecule has 0 aliphatic rings. The van der Waals surface area contributed by atoms with E-state index in [4.69, 9.17) is 4.74 Å². The normalized spacial score (nSPS) is 10.2. The molecule has 0 aliphatic heterocycles. The standard InChI is InChI=1S/C9H14N2O/c1-3-4-12-7-9-6-10-8(2)5-11-9/h5-6H,3-4,7H2,1-2H3. The third-order valence-corrected chi connectivity index (χ3v) is 1.43. The van der Waals surface area contributed by atoms with Crippen molar-refractivity contribution >= 4 is 0 Å². The highest BCUT2D eigenvalue weighted by Crippen LogP contribution is 1.96. The Hall–Kier alpha value is -0.960. The van der Waals surface area contributed by atoms with Gasteiger partial charge in [0.25, 0.3) is 0 Å². The minimum atomic E-state index is 0.571. The number of nitrogens with zero attached hydrogens (tertiary/aromatic N) is 2. The van der Waals surface area contributed by atoms with Crippen molar-refractivity contribution in [2.45, 2.75) is 26.9 Å². The largest absolute Gasteiger partial charge is 0.375 e. The highest BCUT2D eigenvalue weighted by Gasteiger charge is 1.93. The summed E-state index contributed by atoms with van der Waals surface area (Å²) in [5.41, 5.74) is 1.84. The first-order valence-corrected chi connectivity index (χ1v) is 4.18. The number of hydrogen-bond donors (Lipinski definition) is 0. The summed E-state index contributed by atoms with van der Waals surface area (Å²) in [5, 5.41) is 0. The molecule has 1 rings (SSSR count). The van der Waals surface area contributed by atoms with E-state index in [0.717, 1.165) is 24.4 Å². The van der Waals surface area contributed by atoms with E-state index in [9.17, 15) is 0 Å². The summed E-state index contributed by atoms with van der Waals surface area (Å²) < 4.78 is 5.31. The molecule has 0 atom stereocenters. The maximum atomic E-state index is 5.31. The van der Waals surface area contributed by atoms with Gasteiger partial charge in [0, 0.05) is 12.8 Å². The average molecular weight is 166 g/mol. The zero-order valence-corrected chi connectivity index (χ0v) is 7.58. The highest BCUT2D eigenvalue weighted by atomic mass is 16.5. The van der Waals surface area contributed by atoms with Crippen molar-refractivity contribution in [3.05, 3.63) is 23.8 Å². The monoisotopic (exact) mass is 166 g/mol. The first-order valence-electron chi connectivity index (χ1n) is 4.18. The van der Waals surface area contributed by atoms with Crippen LogP contribution in [0.15, 0.2) is 12.4 Å². The third-order valence-electron chi connectivity index (χ3n) is 1.43. The topological polar surface area (TPSA) is 35.0 Å². The second-order valence-electron chi connectivity index (χ2n) is 2.70. The van der Waals surface area contributed by atoms with Gasteiger partial charge in [-0.3, -0.25) is 9.97 Å². The molecule has 66 valence electrons. The fraction of sp³-hybridized carbons (Fsp3) is 0.556. The molecule has 0 unspecified atom stereocenters. The summed E-state index contributed by atoms with van der Waals surface area (Å²) in [5.74, 6) is 0. The van der Waals surface area contributed by atoms with Crippen molar-refractivity contribution < 1.29 is 4.74 Å². The lowest BCUT2D eigenvalue weighted by Crippen LogP contribution is -1.97. The molecule has 12 heavy (non-hydrogen) atoms. The zero-order chi connectivity index (χ0) is 8.81. The molecule has 0 aliphatic carbocycles. The lowest BCUT2D eigenvalue weighted by atomic mass is 10.4. The second kappa shape index (κ2) is 4.83. The van der Waals surface area contributed by atoms with Gasteiger partial charge >= 0.3 is 0 Å². The summed E-state index contributed by atoms with van der Waals surface area (Å²) in [4.78, 5) is 8.28. The van der Waals surface area contributed by atoms with Gasteiger partial charge in [0.1, 0.15) is 0 Å². The molecule has 0 spiro atoms. The van der Waals surface area contributed by atoms with Gasteiger partial charge in [-0.2, -0.15) is 0 Å². The van der Waals surface area contributed by atoms with Gasteiger partial charge < -0.3 is 4.74 Å². The molecule has 0 saturated carbocycles. The van der Waals surface area contributed by atoms with Crippen LogP contribution in [-0.2, 0) is 11.3 Å². The molecule has 0 radical (unpaired) electrons. The van der Waals surface area contributed by atoms with Crippen LogP contribution >= 0.6 is 0 Å². The Morgan fingerprint density at radius 1 is 1.33 bits per heavy atom. The van der Waals surface area contributed by atoms with Crippen LogP contribution in [0.25, 0.3) is 0 Å². The highest BCUT2D eigenvalue weighted by molar-refractivity contribution is 4.99. The molecule has 0 N–H and O–H groups in total. The van der Waals surface area contributed by atoms with Gasteiger partial charge in [-0.15, -0.1) is 0 Å². The van der Waals surface area contributed by atoms with E-state index in [0.29, 0.717) is 6.61 Å². The van der Waals surface area contributed by atoms with Crippen molar-refractivity contribution in [1.29, 1.82) is 0 Å². The smallest absolute Gasteiger partial charge is 0.0903 e. The van der Waals surface area contributed by atoms with Crippen LogP contribution in [0.5, 0.6) is 0 Å². The Labute approximate surface area is 72.8 Å². The van der Waals surface area contributed by atoms with E-state index in [2.05, 4.69) is 16.9 Å². The molecule has 0 bridgehead atoms. The van der Waals surface area contributed by atoms with Crippen LogP contribution < -0.4 is 0 Å². The Morgan fingerprint density at radius 3 is 2.75 bits per heavy atom. The van der Waals surface area contributed by atoms with E-state index < -0.39 is 0 Å². The summed E-state index contributed by atoms with van der Waals surface area (Å²) >= 11 is 0. The van der Waals surface area contributed by atoms with Gasteiger partial charge in [0.05, 0.1) is 24.2 Å². The third kappa shape index (κ3) is 2.96. The van der Waals surface area contributed by atoms with Gasteiger partial charge in [-0.1, -0.05) is 6.92 Å². The molecule has 0 saturated heterocycles. The molecule has 1 aromatic rings. The number of hydrogen-bond acceptors (Lipinski definition) is 3. The molecule has 0 aromatic carbocycles. The minimum absolute atomic E-state index is 0.571. The Bertz CT molecular complexity index is 220. The summed E-state index contributed by atoms with van der Waals surface area (Å²) in [7, 11) is 0. The Kier molecular flexibility index (Phi) is 3.67. The van der Waals surface area contributed by atoms with Gasteiger partial charge in [0.2, 0.25) is 0 Å². The first-order chi connectivity index (χ1) is 5.83. The summed E-state index contributed by atoms with van der Waals surface area (Å²) in [6, 6.07) is 0. The minimum Gasteiger partial charge on any atom is -0.375 e. The van der Waals surface area contributed by atoms with E-state index in [1.54, 1.807) is 12.4 Å². The Balaban J connectivity index is 2.37. The maximum Gasteiger partial charge on any atom is 0.0903 e. The number of aryl methyl sites for hydroxylation is 1. The van der Waals surface area contributed by atoms with Crippen LogP contribution in [0.3, 0.4) is 0 Å².